The van der Waals surface area contributed by atoms with E-state index < -0.39 is 26.3 Å². The number of halogens is 2. The summed E-state index contributed by atoms with van der Waals surface area (Å²) in [6.07, 6.45) is 2.78. The van der Waals surface area contributed by atoms with Crippen LogP contribution in [-0.4, -0.2) is 64.1 Å². The summed E-state index contributed by atoms with van der Waals surface area (Å²) in [6, 6.07) is -0.860. The van der Waals surface area contributed by atoms with Gasteiger partial charge in [0.2, 0.25) is 0 Å². The molecule has 0 aromatic heterocycles. The number of hydrogen-bond donors (Lipinski definition) is 0. The second-order valence-electron chi connectivity index (χ2n) is 4.07. The molecule has 144 valence electrons. The van der Waals surface area contributed by atoms with Gasteiger partial charge in [0.25, 0.3) is 20.2 Å². The van der Waals surface area contributed by atoms with Gasteiger partial charge in [0.15, 0.2) is 0 Å². The SMILES string of the molecule is CCN(N=O)C(=O)N(Cl)Cl.CS(=O)(=O)OCCCCOS(C)(=O)=O. The largest absolute Gasteiger partial charge is 0.372 e. The van der Waals surface area contributed by atoms with Crippen molar-refractivity contribution < 1.29 is 30.0 Å². The van der Waals surface area contributed by atoms with Crippen LogP contribution in [0.4, 0.5) is 4.79 Å². The molecule has 0 saturated carbocycles. The van der Waals surface area contributed by atoms with Crippen LogP contribution in [0.2, 0.25) is 0 Å². The number of nitroso groups, excluding NO2 is 1. The van der Waals surface area contributed by atoms with Crippen LogP contribution in [-0.2, 0) is 28.6 Å². The van der Waals surface area contributed by atoms with E-state index in [0.717, 1.165) is 12.5 Å². The molecule has 0 aliphatic heterocycles. The molecule has 0 spiro atoms. The molecule has 0 aliphatic rings. The minimum absolute atomic E-state index is 0.0476. The highest BCUT2D eigenvalue weighted by molar-refractivity contribution is 7.86. The Balaban J connectivity index is 0. The molecule has 0 rings (SSSR count). The fraction of sp³-hybridized carbons (Fsp3) is 0.889. The van der Waals surface area contributed by atoms with Crippen LogP contribution in [0.25, 0.3) is 0 Å². The van der Waals surface area contributed by atoms with Crippen molar-refractivity contribution in [2.24, 2.45) is 5.29 Å². The molecule has 0 atom stereocenters. The molecule has 0 unspecified atom stereocenters. The van der Waals surface area contributed by atoms with Crippen LogP contribution >= 0.6 is 23.6 Å². The van der Waals surface area contributed by atoms with Crippen molar-refractivity contribution in [3.8, 4) is 0 Å². The first-order valence-corrected chi connectivity index (χ1v) is 10.6. The van der Waals surface area contributed by atoms with E-state index in [9.17, 15) is 26.5 Å². The lowest BCUT2D eigenvalue weighted by atomic mass is 10.3. The molecule has 2 amide bonds. The summed E-state index contributed by atoms with van der Waals surface area (Å²) in [6.45, 7) is 1.80. The first kappa shape index (κ1) is 25.5. The summed E-state index contributed by atoms with van der Waals surface area (Å²) >= 11 is 9.98. The van der Waals surface area contributed by atoms with E-state index in [1.54, 1.807) is 6.92 Å². The summed E-state index contributed by atoms with van der Waals surface area (Å²) in [5, 5.41) is 2.93. The summed E-state index contributed by atoms with van der Waals surface area (Å²) in [5.41, 5.74) is 0. The number of nitrogens with zero attached hydrogens (tertiary/aromatic N) is 3. The first-order chi connectivity index (χ1) is 10.8. The second-order valence-corrected chi connectivity index (χ2v) is 8.21. The summed E-state index contributed by atoms with van der Waals surface area (Å²) in [7, 11) is -6.80. The number of urea groups is 1. The maximum absolute atomic E-state index is 10.6. The number of rotatable bonds is 9. The number of amides is 2. The molecule has 0 fully saturated rings. The third-order valence-corrected chi connectivity index (χ3v) is 3.38. The van der Waals surface area contributed by atoms with Crippen LogP contribution < -0.4 is 0 Å². The molecule has 15 heteroatoms. The van der Waals surface area contributed by atoms with E-state index >= 15 is 0 Å². The smallest absolute Gasteiger partial charge is 0.270 e. The van der Waals surface area contributed by atoms with E-state index in [1.807, 2.05) is 0 Å². The lowest BCUT2D eigenvalue weighted by molar-refractivity contribution is 0.196. The molecule has 0 bridgehead atoms. The standard InChI is InChI=1S/C6H14O6S2.C3H5Cl2N3O2/c1-13(7,8)11-5-3-4-6-12-14(2,9)10;1-2-7(6-10)3(9)8(4)5/h3-6H2,1-2H3;2H2,1H3. The van der Waals surface area contributed by atoms with Gasteiger partial charge in [-0.05, 0) is 19.8 Å². The molecule has 0 aromatic carbocycles. The lowest BCUT2D eigenvalue weighted by Crippen LogP contribution is -2.29. The van der Waals surface area contributed by atoms with Crippen molar-refractivity contribution in [2.45, 2.75) is 19.8 Å². The van der Waals surface area contributed by atoms with Crippen LogP contribution in [0, 0.1) is 4.91 Å². The van der Waals surface area contributed by atoms with Crippen LogP contribution in [0.3, 0.4) is 0 Å². The third kappa shape index (κ3) is 17.6. The predicted octanol–water partition coefficient (Wildman–Crippen LogP) is 1.44. The van der Waals surface area contributed by atoms with E-state index in [0.29, 0.717) is 17.9 Å². The van der Waals surface area contributed by atoms with Gasteiger partial charge in [0.1, 0.15) is 0 Å². The topological polar surface area (TPSA) is 140 Å². The van der Waals surface area contributed by atoms with Crippen molar-refractivity contribution in [3.05, 3.63) is 4.91 Å². The zero-order valence-electron chi connectivity index (χ0n) is 13.2. The monoisotopic (exact) mass is 431 g/mol. The number of unbranched alkanes of at least 4 members (excludes halogenated alkanes) is 1. The van der Waals surface area contributed by atoms with Gasteiger partial charge < -0.3 is 0 Å². The maximum Gasteiger partial charge on any atom is 0.372 e. The average Bonchev–Trinajstić information content (AvgIpc) is 2.42. The second kappa shape index (κ2) is 12.6. The number of carbonyl (C=O) groups is 1. The highest BCUT2D eigenvalue weighted by Gasteiger charge is 2.16. The Morgan fingerprint density at radius 1 is 1.00 bits per heavy atom. The van der Waals surface area contributed by atoms with E-state index in [1.165, 1.54) is 0 Å². The Hall–Kier alpha value is -0.730. The minimum atomic E-state index is -3.40. The molecule has 0 radical (unpaired) electrons. The molecular weight excluding hydrogens is 413 g/mol. The molecular formula is C9H19Cl2N3O8S2. The van der Waals surface area contributed by atoms with Crippen molar-refractivity contribution in [3.63, 3.8) is 0 Å². The fourth-order valence-electron chi connectivity index (χ4n) is 0.940. The van der Waals surface area contributed by atoms with Crippen LogP contribution in [0.5, 0.6) is 0 Å². The minimum Gasteiger partial charge on any atom is -0.270 e. The third-order valence-electron chi connectivity index (χ3n) is 1.90. The Morgan fingerprint density at radius 3 is 1.54 bits per heavy atom. The summed E-state index contributed by atoms with van der Waals surface area (Å²) < 4.78 is 51.0. The van der Waals surface area contributed by atoms with Gasteiger partial charge in [0.05, 0.1) is 31.0 Å². The molecule has 24 heavy (non-hydrogen) atoms. The van der Waals surface area contributed by atoms with Crippen molar-refractivity contribution in [1.82, 2.24) is 8.95 Å². The van der Waals surface area contributed by atoms with Crippen LogP contribution in [0.15, 0.2) is 5.29 Å². The molecule has 0 aromatic rings. The first-order valence-electron chi connectivity index (χ1n) is 6.29. The Morgan fingerprint density at radius 2 is 1.38 bits per heavy atom. The van der Waals surface area contributed by atoms with Gasteiger partial charge in [-0.1, -0.05) is 0 Å². The zero-order valence-corrected chi connectivity index (χ0v) is 16.4. The highest BCUT2D eigenvalue weighted by Crippen LogP contribution is 2.05. The van der Waals surface area contributed by atoms with Gasteiger partial charge in [-0.3, -0.25) is 8.37 Å². The normalized spacial score (nSPS) is 11.2. The van der Waals surface area contributed by atoms with E-state index in [-0.39, 0.29) is 23.7 Å². The average molecular weight is 432 g/mol. The Kier molecular flexibility index (Phi) is 13.4. The zero-order chi connectivity index (χ0) is 19.4. The lowest BCUT2D eigenvalue weighted by Gasteiger charge is -2.10. The molecule has 0 heterocycles. The Bertz CT molecular complexity index is 546. The van der Waals surface area contributed by atoms with Crippen molar-refractivity contribution in [2.75, 3.05) is 32.3 Å². The predicted molar refractivity (Wildman–Crippen MR) is 87.9 cm³/mol. The molecule has 0 aliphatic carbocycles. The Labute approximate surface area is 151 Å². The van der Waals surface area contributed by atoms with Gasteiger partial charge in [-0.15, -0.1) is 8.85 Å². The molecule has 0 saturated heterocycles. The van der Waals surface area contributed by atoms with Crippen molar-refractivity contribution in [1.29, 1.82) is 0 Å². The van der Waals surface area contributed by atoms with Crippen LogP contribution in [0.1, 0.15) is 19.8 Å². The highest BCUT2D eigenvalue weighted by atomic mass is 35.5. The molecule has 0 N–H and O–H groups in total. The summed E-state index contributed by atoms with van der Waals surface area (Å²) in [4.78, 5) is 20.4. The quantitative estimate of drug-likeness (QED) is 0.175. The van der Waals surface area contributed by atoms with E-state index in [2.05, 4.69) is 13.7 Å². The molecule has 11 nitrogen and oxygen atoms in total. The van der Waals surface area contributed by atoms with Gasteiger partial charge >= 0.3 is 6.03 Å². The van der Waals surface area contributed by atoms with E-state index in [4.69, 9.17) is 23.6 Å². The van der Waals surface area contributed by atoms with Crippen molar-refractivity contribution >= 4 is 49.8 Å². The number of carbonyl (C=O) groups excluding carboxylic acids is 1. The summed E-state index contributed by atoms with van der Waals surface area (Å²) in [5.74, 6) is 0. The van der Waals surface area contributed by atoms with Gasteiger partial charge in [0, 0.05) is 30.1 Å². The van der Waals surface area contributed by atoms with Gasteiger partial charge in [-0.2, -0.15) is 21.8 Å². The maximum atomic E-state index is 10.6. The number of hydrogen-bond acceptors (Lipinski definition) is 9. The van der Waals surface area contributed by atoms with Gasteiger partial charge in [-0.25, -0.2) is 4.79 Å². The fourth-order valence-corrected chi connectivity index (χ4v) is 1.96.